The number of nitrogens with zero attached hydrogens (tertiary/aromatic N) is 2. The van der Waals surface area contributed by atoms with E-state index in [0.717, 1.165) is 18.4 Å². The van der Waals surface area contributed by atoms with Crippen molar-refractivity contribution in [2.45, 2.75) is 25.4 Å². The lowest BCUT2D eigenvalue weighted by atomic mass is 10.2. The van der Waals surface area contributed by atoms with Crippen molar-refractivity contribution in [1.82, 2.24) is 15.1 Å². The van der Waals surface area contributed by atoms with E-state index in [2.05, 4.69) is 10.2 Å². The van der Waals surface area contributed by atoms with Gasteiger partial charge in [0.1, 0.15) is 11.4 Å². The number of amides is 1. The first kappa shape index (κ1) is 12.5. The molecule has 6 heteroatoms. The Hall–Kier alpha value is -2.50. The monoisotopic (exact) mass is 272 g/mol. The summed E-state index contributed by atoms with van der Waals surface area (Å²) in [5.41, 5.74) is 7.32. The van der Waals surface area contributed by atoms with E-state index >= 15 is 0 Å². The number of benzene rings is 1. The molecule has 0 atom stereocenters. The van der Waals surface area contributed by atoms with Crippen molar-refractivity contribution < 1.29 is 9.90 Å². The molecule has 0 unspecified atom stereocenters. The van der Waals surface area contributed by atoms with Gasteiger partial charge in [0, 0.05) is 12.6 Å². The molecule has 1 saturated carbocycles. The molecule has 0 aliphatic heterocycles. The molecule has 1 aliphatic rings. The zero-order valence-corrected chi connectivity index (χ0v) is 10.9. The summed E-state index contributed by atoms with van der Waals surface area (Å²) in [7, 11) is 0. The van der Waals surface area contributed by atoms with E-state index in [1.54, 1.807) is 23.1 Å². The van der Waals surface area contributed by atoms with Crippen molar-refractivity contribution in [3.05, 3.63) is 41.7 Å². The molecule has 1 fully saturated rings. The summed E-state index contributed by atoms with van der Waals surface area (Å²) in [6, 6.07) is 7.18. The van der Waals surface area contributed by atoms with Crippen molar-refractivity contribution in [2.24, 2.45) is 0 Å². The van der Waals surface area contributed by atoms with Crippen LogP contribution in [0.4, 0.5) is 5.69 Å². The first-order valence-electron chi connectivity index (χ1n) is 6.53. The predicted molar refractivity (Wildman–Crippen MR) is 74.0 cm³/mol. The fourth-order valence-corrected chi connectivity index (χ4v) is 2.21. The minimum atomic E-state index is -0.147. The van der Waals surface area contributed by atoms with Crippen LogP contribution in [0.2, 0.25) is 0 Å². The third kappa shape index (κ3) is 2.45. The summed E-state index contributed by atoms with van der Waals surface area (Å²) in [4.78, 5) is 14.3. The van der Waals surface area contributed by atoms with Crippen LogP contribution in [0.25, 0.3) is 0 Å². The molecule has 20 heavy (non-hydrogen) atoms. The van der Waals surface area contributed by atoms with E-state index in [4.69, 9.17) is 5.73 Å². The Morgan fingerprint density at radius 1 is 1.50 bits per heavy atom. The highest BCUT2D eigenvalue weighted by Crippen LogP contribution is 2.30. The standard InChI is InChI=1S/C14H16N4O2/c15-12-7-16-17-13(12)14(20)18(10-4-5-10)8-9-2-1-3-11(19)6-9/h1-3,6-7,10,19H,4-5,8,15H2,(H,16,17). The van der Waals surface area contributed by atoms with Gasteiger partial charge in [0.05, 0.1) is 11.9 Å². The van der Waals surface area contributed by atoms with Gasteiger partial charge in [-0.3, -0.25) is 9.89 Å². The SMILES string of the molecule is Nc1cn[nH]c1C(=O)N(Cc1cccc(O)c1)C1CC1. The van der Waals surface area contributed by atoms with Gasteiger partial charge < -0.3 is 15.7 Å². The van der Waals surface area contributed by atoms with E-state index in [1.807, 2.05) is 6.07 Å². The maximum atomic E-state index is 12.5. The number of nitrogens with one attached hydrogen (secondary N) is 1. The summed E-state index contributed by atoms with van der Waals surface area (Å²) in [5, 5.41) is 15.9. The van der Waals surface area contributed by atoms with Crippen LogP contribution in [0.5, 0.6) is 5.75 Å². The number of nitrogen functional groups attached to an aromatic ring is 1. The van der Waals surface area contributed by atoms with Crippen LogP contribution in [-0.4, -0.2) is 32.2 Å². The third-order valence-electron chi connectivity index (χ3n) is 3.39. The molecule has 1 aromatic carbocycles. The summed E-state index contributed by atoms with van der Waals surface area (Å²) in [6.45, 7) is 0.455. The Kier molecular flexibility index (Phi) is 3.06. The Morgan fingerprint density at radius 2 is 2.30 bits per heavy atom. The number of aromatic hydroxyl groups is 1. The van der Waals surface area contributed by atoms with Crippen molar-refractivity contribution in [3.63, 3.8) is 0 Å². The molecule has 0 saturated heterocycles. The summed E-state index contributed by atoms with van der Waals surface area (Å²) in [5.74, 6) is 0.0533. The van der Waals surface area contributed by atoms with Crippen LogP contribution in [0.3, 0.4) is 0 Å². The molecule has 1 heterocycles. The lowest BCUT2D eigenvalue weighted by Crippen LogP contribution is -2.33. The molecule has 0 spiro atoms. The Morgan fingerprint density at radius 3 is 2.90 bits per heavy atom. The third-order valence-corrected chi connectivity index (χ3v) is 3.39. The number of hydrogen-bond acceptors (Lipinski definition) is 4. The van der Waals surface area contributed by atoms with Crippen molar-refractivity contribution in [3.8, 4) is 5.75 Å². The Bertz CT molecular complexity index is 634. The number of aromatic nitrogens is 2. The molecule has 1 aliphatic carbocycles. The van der Waals surface area contributed by atoms with Gasteiger partial charge in [-0.05, 0) is 30.5 Å². The lowest BCUT2D eigenvalue weighted by Gasteiger charge is -2.22. The predicted octanol–water partition coefficient (Wildman–Crippen LogP) is 1.50. The highest BCUT2D eigenvalue weighted by Gasteiger charge is 2.34. The van der Waals surface area contributed by atoms with Gasteiger partial charge in [-0.2, -0.15) is 5.10 Å². The van der Waals surface area contributed by atoms with Gasteiger partial charge in [-0.15, -0.1) is 0 Å². The molecule has 6 nitrogen and oxygen atoms in total. The van der Waals surface area contributed by atoms with Gasteiger partial charge in [0.2, 0.25) is 0 Å². The number of H-pyrrole nitrogens is 1. The van der Waals surface area contributed by atoms with E-state index in [9.17, 15) is 9.90 Å². The summed E-state index contributed by atoms with van der Waals surface area (Å²) >= 11 is 0. The molecule has 0 radical (unpaired) electrons. The van der Waals surface area contributed by atoms with Crippen molar-refractivity contribution in [2.75, 3.05) is 5.73 Å². The number of nitrogens with two attached hydrogens (primary N) is 1. The fraction of sp³-hybridized carbons (Fsp3) is 0.286. The minimum absolute atomic E-state index is 0.147. The number of phenolic OH excluding ortho intramolecular Hbond substituents is 1. The van der Waals surface area contributed by atoms with Crippen LogP contribution in [-0.2, 0) is 6.54 Å². The smallest absolute Gasteiger partial charge is 0.274 e. The largest absolute Gasteiger partial charge is 0.508 e. The first-order valence-corrected chi connectivity index (χ1v) is 6.53. The van der Waals surface area contributed by atoms with Crippen molar-refractivity contribution in [1.29, 1.82) is 0 Å². The van der Waals surface area contributed by atoms with Crippen LogP contribution < -0.4 is 5.73 Å². The quantitative estimate of drug-likeness (QED) is 0.786. The topological polar surface area (TPSA) is 95.2 Å². The molecule has 3 rings (SSSR count). The minimum Gasteiger partial charge on any atom is -0.508 e. The molecule has 0 bridgehead atoms. The number of rotatable bonds is 4. The van der Waals surface area contributed by atoms with Gasteiger partial charge in [0.15, 0.2) is 0 Å². The van der Waals surface area contributed by atoms with E-state index in [0.29, 0.717) is 17.9 Å². The van der Waals surface area contributed by atoms with Crippen LogP contribution >= 0.6 is 0 Å². The summed E-state index contributed by atoms with van der Waals surface area (Å²) in [6.07, 6.45) is 3.43. The van der Waals surface area contributed by atoms with Crippen molar-refractivity contribution >= 4 is 11.6 Å². The molecule has 2 aromatic rings. The second kappa shape index (κ2) is 4.88. The van der Waals surface area contributed by atoms with E-state index in [1.165, 1.54) is 6.20 Å². The van der Waals surface area contributed by atoms with Gasteiger partial charge in [-0.25, -0.2) is 0 Å². The fourth-order valence-electron chi connectivity index (χ4n) is 2.21. The second-order valence-corrected chi connectivity index (χ2v) is 5.03. The molecule has 1 amide bonds. The zero-order valence-electron chi connectivity index (χ0n) is 10.9. The number of carbonyl (C=O) groups excluding carboxylic acids is 1. The number of carbonyl (C=O) groups is 1. The van der Waals surface area contributed by atoms with Gasteiger partial charge in [0.25, 0.3) is 5.91 Å². The molecule has 104 valence electrons. The number of hydrogen-bond donors (Lipinski definition) is 3. The molecule has 4 N–H and O–H groups in total. The maximum Gasteiger partial charge on any atom is 0.274 e. The van der Waals surface area contributed by atoms with Crippen LogP contribution in [0.15, 0.2) is 30.5 Å². The normalized spacial score (nSPS) is 14.2. The summed E-state index contributed by atoms with van der Waals surface area (Å²) < 4.78 is 0. The number of anilines is 1. The van der Waals surface area contributed by atoms with E-state index in [-0.39, 0.29) is 17.7 Å². The first-order chi connectivity index (χ1) is 9.65. The Labute approximate surface area is 116 Å². The average molecular weight is 272 g/mol. The molecular formula is C14H16N4O2. The second-order valence-electron chi connectivity index (χ2n) is 5.03. The van der Waals surface area contributed by atoms with Gasteiger partial charge >= 0.3 is 0 Å². The average Bonchev–Trinajstić information content (AvgIpc) is 3.17. The maximum absolute atomic E-state index is 12.5. The highest BCUT2D eigenvalue weighted by atomic mass is 16.3. The zero-order chi connectivity index (χ0) is 14.1. The number of aromatic amines is 1. The number of phenols is 1. The molecular weight excluding hydrogens is 256 g/mol. The highest BCUT2D eigenvalue weighted by molar-refractivity contribution is 5.97. The lowest BCUT2D eigenvalue weighted by molar-refractivity contribution is 0.0725. The van der Waals surface area contributed by atoms with Crippen LogP contribution in [0, 0.1) is 0 Å². The van der Waals surface area contributed by atoms with E-state index < -0.39 is 0 Å². The van der Waals surface area contributed by atoms with Gasteiger partial charge in [-0.1, -0.05) is 12.1 Å². The van der Waals surface area contributed by atoms with Crippen LogP contribution in [0.1, 0.15) is 28.9 Å². The Balaban J connectivity index is 1.83. The molecule has 1 aromatic heterocycles.